The molecule has 0 spiro atoms. The van der Waals surface area contributed by atoms with Crippen LogP contribution in [0.4, 0.5) is 4.39 Å². The number of unbranched alkanes of at least 4 members (excludes halogenated alkanes) is 1. The lowest BCUT2D eigenvalue weighted by Crippen LogP contribution is -2.01. The Morgan fingerprint density at radius 2 is 2.12 bits per heavy atom. The number of Topliss-reactive ketones (excluding diaryl/α,β-unsaturated/α-hetero) is 1. The van der Waals surface area contributed by atoms with Gasteiger partial charge in [-0.05, 0) is 43.7 Å². The zero-order valence-corrected chi connectivity index (χ0v) is 9.41. The topological polar surface area (TPSA) is 56.2 Å². The van der Waals surface area contributed by atoms with Crippen LogP contribution in [-0.2, 0) is 0 Å². The van der Waals surface area contributed by atoms with Crippen molar-refractivity contribution >= 4 is 16.8 Å². The summed E-state index contributed by atoms with van der Waals surface area (Å²) in [4.78, 5) is 11.7. The Bertz CT molecular complexity index is 533. The Morgan fingerprint density at radius 1 is 1.29 bits per heavy atom. The van der Waals surface area contributed by atoms with Crippen LogP contribution in [0.25, 0.3) is 11.0 Å². The van der Waals surface area contributed by atoms with Gasteiger partial charge in [-0.3, -0.25) is 4.79 Å². The first-order chi connectivity index (χ1) is 8.20. The predicted octanol–water partition coefficient (Wildman–Crippen LogP) is 2.88. The first-order valence-electron chi connectivity index (χ1n) is 5.63. The van der Waals surface area contributed by atoms with E-state index in [9.17, 15) is 9.18 Å². The molecule has 0 aliphatic carbocycles. The quantitative estimate of drug-likeness (QED) is 0.640. The summed E-state index contributed by atoms with van der Waals surface area (Å²) < 4.78 is 18.3. The molecule has 1 aromatic heterocycles. The first kappa shape index (κ1) is 11.8. The second kappa shape index (κ2) is 5.10. The maximum absolute atomic E-state index is 13.0. The average molecular weight is 235 g/mol. The van der Waals surface area contributed by atoms with Crippen LogP contribution in [0.2, 0.25) is 0 Å². The standard InChI is InChI=1S/C13H14FNO2/c14-10-4-5-12-9(7-10)8-13(17-12)11(16)3-1-2-6-15/h4-5,7-8H,1-3,6,15H2. The van der Waals surface area contributed by atoms with Crippen molar-refractivity contribution in [2.45, 2.75) is 19.3 Å². The summed E-state index contributed by atoms with van der Waals surface area (Å²) in [6.45, 7) is 0.582. The SMILES string of the molecule is NCCCCC(=O)c1cc2cc(F)ccc2o1. The number of halogens is 1. The summed E-state index contributed by atoms with van der Waals surface area (Å²) >= 11 is 0. The van der Waals surface area contributed by atoms with Crippen LogP contribution in [0.5, 0.6) is 0 Å². The number of fused-ring (bicyclic) bond motifs is 1. The van der Waals surface area contributed by atoms with Crippen molar-refractivity contribution in [3.63, 3.8) is 0 Å². The van der Waals surface area contributed by atoms with Gasteiger partial charge in [0, 0.05) is 11.8 Å². The molecule has 1 heterocycles. The molecule has 0 atom stereocenters. The van der Waals surface area contributed by atoms with Crippen molar-refractivity contribution in [3.8, 4) is 0 Å². The van der Waals surface area contributed by atoms with Crippen molar-refractivity contribution in [1.82, 2.24) is 0 Å². The number of carbonyl (C=O) groups is 1. The average Bonchev–Trinajstić information content (AvgIpc) is 2.72. The fourth-order valence-corrected chi connectivity index (χ4v) is 1.70. The van der Waals surface area contributed by atoms with Crippen molar-refractivity contribution in [1.29, 1.82) is 0 Å². The van der Waals surface area contributed by atoms with E-state index < -0.39 is 0 Å². The van der Waals surface area contributed by atoms with Crippen LogP contribution >= 0.6 is 0 Å². The molecule has 0 saturated heterocycles. The third-order valence-corrected chi connectivity index (χ3v) is 2.61. The molecular weight excluding hydrogens is 221 g/mol. The molecule has 4 heteroatoms. The van der Waals surface area contributed by atoms with E-state index in [1.54, 1.807) is 6.07 Å². The van der Waals surface area contributed by atoms with Crippen molar-refractivity contribution in [2.75, 3.05) is 6.54 Å². The third kappa shape index (κ3) is 2.71. The Labute approximate surface area is 98.4 Å². The summed E-state index contributed by atoms with van der Waals surface area (Å²) in [6.07, 6.45) is 1.99. The minimum Gasteiger partial charge on any atom is -0.453 e. The summed E-state index contributed by atoms with van der Waals surface area (Å²) in [5, 5.41) is 0.618. The number of nitrogens with two attached hydrogens (primary N) is 1. The molecule has 0 fully saturated rings. The molecule has 0 unspecified atom stereocenters. The Hall–Kier alpha value is -1.68. The lowest BCUT2D eigenvalue weighted by atomic mass is 10.1. The number of furan rings is 1. The van der Waals surface area contributed by atoms with E-state index in [1.807, 2.05) is 0 Å². The maximum atomic E-state index is 13.0. The first-order valence-corrected chi connectivity index (χ1v) is 5.63. The molecule has 0 amide bonds. The molecule has 2 N–H and O–H groups in total. The van der Waals surface area contributed by atoms with Gasteiger partial charge in [-0.15, -0.1) is 0 Å². The minimum atomic E-state index is -0.333. The molecule has 1 aromatic carbocycles. The van der Waals surface area contributed by atoms with E-state index >= 15 is 0 Å². The molecule has 90 valence electrons. The van der Waals surface area contributed by atoms with Crippen LogP contribution < -0.4 is 5.73 Å². The van der Waals surface area contributed by atoms with E-state index in [-0.39, 0.29) is 11.6 Å². The third-order valence-electron chi connectivity index (χ3n) is 2.61. The second-order valence-electron chi connectivity index (χ2n) is 3.96. The highest BCUT2D eigenvalue weighted by Gasteiger charge is 2.12. The molecule has 2 aromatic rings. The molecular formula is C13H14FNO2. The molecule has 0 aliphatic heterocycles. The van der Waals surface area contributed by atoms with Crippen molar-refractivity contribution in [2.24, 2.45) is 5.73 Å². The highest BCUT2D eigenvalue weighted by molar-refractivity contribution is 5.97. The monoisotopic (exact) mass is 235 g/mol. The van der Waals surface area contributed by atoms with Gasteiger partial charge in [0.2, 0.25) is 0 Å². The molecule has 17 heavy (non-hydrogen) atoms. The van der Waals surface area contributed by atoms with Gasteiger partial charge in [-0.1, -0.05) is 0 Å². The largest absolute Gasteiger partial charge is 0.453 e. The van der Waals surface area contributed by atoms with Crippen molar-refractivity contribution in [3.05, 3.63) is 35.8 Å². The minimum absolute atomic E-state index is 0.0601. The van der Waals surface area contributed by atoms with E-state index in [2.05, 4.69) is 0 Å². The van der Waals surface area contributed by atoms with E-state index in [1.165, 1.54) is 18.2 Å². The van der Waals surface area contributed by atoms with Gasteiger partial charge in [0.05, 0.1) is 0 Å². The van der Waals surface area contributed by atoms with Crippen LogP contribution in [0.1, 0.15) is 29.8 Å². The number of rotatable bonds is 5. The van der Waals surface area contributed by atoms with Gasteiger partial charge >= 0.3 is 0 Å². The number of hydrogen-bond acceptors (Lipinski definition) is 3. The molecule has 0 radical (unpaired) electrons. The van der Waals surface area contributed by atoms with Crippen molar-refractivity contribution < 1.29 is 13.6 Å². The van der Waals surface area contributed by atoms with Gasteiger partial charge < -0.3 is 10.2 Å². The van der Waals surface area contributed by atoms with E-state index in [0.29, 0.717) is 29.7 Å². The number of carbonyl (C=O) groups excluding carboxylic acids is 1. The van der Waals surface area contributed by atoms with Crippen LogP contribution in [0.3, 0.4) is 0 Å². The maximum Gasteiger partial charge on any atom is 0.198 e. The summed E-state index contributed by atoms with van der Waals surface area (Å²) in [7, 11) is 0. The lowest BCUT2D eigenvalue weighted by molar-refractivity contribution is 0.0955. The van der Waals surface area contributed by atoms with Gasteiger partial charge in [-0.25, -0.2) is 4.39 Å². The van der Waals surface area contributed by atoms with Gasteiger partial charge in [0.15, 0.2) is 11.5 Å². The zero-order chi connectivity index (χ0) is 12.3. The lowest BCUT2D eigenvalue weighted by Gasteiger charge is -1.95. The summed E-state index contributed by atoms with van der Waals surface area (Å²) in [6, 6.07) is 5.79. The van der Waals surface area contributed by atoms with Gasteiger partial charge in [0.25, 0.3) is 0 Å². The molecule has 0 aliphatic rings. The predicted molar refractivity (Wildman–Crippen MR) is 63.4 cm³/mol. The smallest absolute Gasteiger partial charge is 0.198 e. The fraction of sp³-hybridized carbons (Fsp3) is 0.308. The Balaban J connectivity index is 2.15. The Kier molecular flexibility index (Phi) is 3.54. The number of hydrogen-bond donors (Lipinski definition) is 1. The molecule has 3 nitrogen and oxygen atoms in total. The summed E-state index contributed by atoms with van der Waals surface area (Å²) in [5.74, 6) is -0.0990. The normalized spacial score (nSPS) is 10.9. The Morgan fingerprint density at radius 3 is 2.88 bits per heavy atom. The fourth-order valence-electron chi connectivity index (χ4n) is 1.70. The second-order valence-corrected chi connectivity index (χ2v) is 3.96. The zero-order valence-electron chi connectivity index (χ0n) is 9.41. The number of benzene rings is 1. The number of ketones is 1. The molecule has 2 rings (SSSR count). The van der Waals surface area contributed by atoms with Crippen LogP contribution in [0, 0.1) is 5.82 Å². The van der Waals surface area contributed by atoms with Crippen LogP contribution in [-0.4, -0.2) is 12.3 Å². The molecule has 0 bridgehead atoms. The highest BCUT2D eigenvalue weighted by Crippen LogP contribution is 2.21. The van der Waals surface area contributed by atoms with Gasteiger partial charge in [-0.2, -0.15) is 0 Å². The highest BCUT2D eigenvalue weighted by atomic mass is 19.1. The van der Waals surface area contributed by atoms with Gasteiger partial charge in [0.1, 0.15) is 11.4 Å². The molecule has 0 saturated carbocycles. The van der Waals surface area contributed by atoms with E-state index in [4.69, 9.17) is 10.2 Å². The van der Waals surface area contributed by atoms with E-state index in [0.717, 1.165) is 12.8 Å². The summed E-state index contributed by atoms with van der Waals surface area (Å²) in [5.41, 5.74) is 5.89. The van der Waals surface area contributed by atoms with Crippen LogP contribution in [0.15, 0.2) is 28.7 Å².